The smallest absolute Gasteiger partial charge is 0.308 e. The van der Waals surface area contributed by atoms with Crippen LogP contribution in [0.15, 0.2) is 18.2 Å². The molecule has 1 aliphatic heterocycles. The Morgan fingerprint density at radius 3 is 2.52 bits per heavy atom. The molecule has 2 rings (SSSR count). The molecule has 23 heavy (non-hydrogen) atoms. The van der Waals surface area contributed by atoms with Crippen LogP contribution in [0.25, 0.3) is 0 Å². The standard InChI is InChI=1S/C17H23N3O3/c1-14(21)23-16-5-4-15(12-17(16)22-2)13-20-10-8-19(9-11-20)7-3-6-18/h4-5,12H,3,7-11,13H2,1-2H3. The zero-order valence-corrected chi connectivity index (χ0v) is 13.7. The number of carbonyl (C=O) groups excluding carboxylic acids is 1. The summed E-state index contributed by atoms with van der Waals surface area (Å²) in [6.07, 6.45) is 0.592. The molecule has 0 aliphatic carbocycles. The minimum Gasteiger partial charge on any atom is -0.493 e. The Labute approximate surface area is 137 Å². The second-order valence-electron chi connectivity index (χ2n) is 5.60. The number of carbonyl (C=O) groups is 1. The Hall–Kier alpha value is -2.10. The number of rotatable bonds is 6. The molecule has 0 aromatic heterocycles. The molecule has 6 heteroatoms. The lowest BCUT2D eigenvalue weighted by molar-refractivity contribution is -0.132. The van der Waals surface area contributed by atoms with Crippen LogP contribution in [0, 0.1) is 11.3 Å². The van der Waals surface area contributed by atoms with Gasteiger partial charge in [-0.05, 0) is 17.7 Å². The molecule has 0 spiro atoms. The lowest BCUT2D eigenvalue weighted by Gasteiger charge is -2.34. The van der Waals surface area contributed by atoms with Gasteiger partial charge in [0, 0.05) is 52.6 Å². The Morgan fingerprint density at radius 2 is 1.91 bits per heavy atom. The normalized spacial score (nSPS) is 15.9. The topological polar surface area (TPSA) is 65.8 Å². The van der Waals surface area contributed by atoms with Crippen molar-refractivity contribution in [2.75, 3.05) is 39.8 Å². The zero-order chi connectivity index (χ0) is 16.7. The van der Waals surface area contributed by atoms with Gasteiger partial charge in [0.2, 0.25) is 0 Å². The molecular formula is C17H23N3O3. The third-order valence-corrected chi connectivity index (χ3v) is 3.89. The molecule has 0 atom stereocenters. The fourth-order valence-corrected chi connectivity index (χ4v) is 2.69. The van der Waals surface area contributed by atoms with E-state index in [9.17, 15) is 4.79 Å². The molecular weight excluding hydrogens is 294 g/mol. The Morgan fingerprint density at radius 1 is 1.22 bits per heavy atom. The highest BCUT2D eigenvalue weighted by Crippen LogP contribution is 2.28. The molecule has 0 unspecified atom stereocenters. The lowest BCUT2D eigenvalue weighted by Crippen LogP contribution is -2.46. The Balaban J connectivity index is 1.91. The predicted molar refractivity (Wildman–Crippen MR) is 86.3 cm³/mol. The molecule has 6 nitrogen and oxygen atoms in total. The first-order valence-corrected chi connectivity index (χ1v) is 7.79. The van der Waals surface area contributed by atoms with Gasteiger partial charge in [-0.1, -0.05) is 6.07 Å². The number of hydrogen-bond acceptors (Lipinski definition) is 6. The van der Waals surface area contributed by atoms with Gasteiger partial charge in [-0.2, -0.15) is 5.26 Å². The second kappa shape index (κ2) is 8.51. The number of methoxy groups -OCH3 is 1. The van der Waals surface area contributed by atoms with Gasteiger partial charge in [0.1, 0.15) is 0 Å². The maximum atomic E-state index is 11.1. The number of hydrogen-bond donors (Lipinski definition) is 0. The summed E-state index contributed by atoms with van der Waals surface area (Å²) < 4.78 is 10.4. The fraction of sp³-hybridized carbons (Fsp3) is 0.529. The molecule has 0 N–H and O–H groups in total. The van der Waals surface area contributed by atoms with Crippen molar-refractivity contribution in [3.05, 3.63) is 23.8 Å². The summed E-state index contributed by atoms with van der Waals surface area (Å²) in [5, 5.41) is 8.64. The first kappa shape index (κ1) is 17.3. The molecule has 0 radical (unpaired) electrons. The minimum atomic E-state index is -0.357. The number of ether oxygens (including phenoxy) is 2. The van der Waals surface area contributed by atoms with Crippen LogP contribution in [-0.4, -0.2) is 55.6 Å². The first-order valence-electron chi connectivity index (χ1n) is 7.79. The van der Waals surface area contributed by atoms with Crippen LogP contribution in [0.1, 0.15) is 18.9 Å². The van der Waals surface area contributed by atoms with Crippen LogP contribution in [-0.2, 0) is 11.3 Å². The number of nitrogens with zero attached hydrogens (tertiary/aromatic N) is 3. The summed E-state index contributed by atoms with van der Waals surface area (Å²) in [7, 11) is 1.57. The van der Waals surface area contributed by atoms with Gasteiger partial charge in [-0.15, -0.1) is 0 Å². The molecule has 124 valence electrons. The second-order valence-corrected chi connectivity index (χ2v) is 5.60. The number of nitriles is 1. The molecule has 1 fully saturated rings. The van der Waals surface area contributed by atoms with Gasteiger partial charge < -0.3 is 9.47 Å². The van der Waals surface area contributed by atoms with Crippen LogP contribution < -0.4 is 9.47 Å². The van der Waals surface area contributed by atoms with Crippen LogP contribution in [0.4, 0.5) is 0 Å². The third-order valence-electron chi connectivity index (χ3n) is 3.89. The van der Waals surface area contributed by atoms with Crippen LogP contribution in [0.2, 0.25) is 0 Å². The van der Waals surface area contributed by atoms with Crippen molar-refractivity contribution < 1.29 is 14.3 Å². The van der Waals surface area contributed by atoms with E-state index in [1.54, 1.807) is 13.2 Å². The van der Waals surface area contributed by atoms with E-state index in [-0.39, 0.29) is 5.97 Å². The van der Waals surface area contributed by atoms with Crippen LogP contribution >= 0.6 is 0 Å². The summed E-state index contributed by atoms with van der Waals surface area (Å²) in [5.41, 5.74) is 1.13. The maximum Gasteiger partial charge on any atom is 0.308 e. The highest BCUT2D eigenvalue weighted by atomic mass is 16.6. The highest BCUT2D eigenvalue weighted by Gasteiger charge is 2.17. The average molecular weight is 317 g/mol. The van der Waals surface area contributed by atoms with Crippen molar-refractivity contribution >= 4 is 5.97 Å². The summed E-state index contributed by atoms with van der Waals surface area (Å²) in [6.45, 7) is 7.02. The maximum absolute atomic E-state index is 11.1. The van der Waals surface area contributed by atoms with Crippen molar-refractivity contribution in [2.24, 2.45) is 0 Å². The zero-order valence-electron chi connectivity index (χ0n) is 13.7. The molecule has 1 aliphatic rings. The van der Waals surface area contributed by atoms with E-state index < -0.39 is 0 Å². The number of esters is 1. The number of benzene rings is 1. The van der Waals surface area contributed by atoms with Gasteiger partial charge >= 0.3 is 5.97 Å². The van der Waals surface area contributed by atoms with E-state index in [1.807, 2.05) is 12.1 Å². The van der Waals surface area contributed by atoms with Crippen molar-refractivity contribution in [1.29, 1.82) is 5.26 Å². The van der Waals surface area contributed by atoms with Gasteiger partial charge in [0.25, 0.3) is 0 Å². The van der Waals surface area contributed by atoms with Crippen molar-refractivity contribution in [3.63, 3.8) is 0 Å². The Kier molecular flexibility index (Phi) is 6.39. The average Bonchev–Trinajstić information content (AvgIpc) is 2.55. The summed E-state index contributed by atoms with van der Waals surface area (Å²) in [6, 6.07) is 7.85. The summed E-state index contributed by atoms with van der Waals surface area (Å²) >= 11 is 0. The van der Waals surface area contributed by atoms with Gasteiger partial charge in [-0.25, -0.2) is 0 Å². The fourth-order valence-electron chi connectivity index (χ4n) is 2.69. The molecule has 0 bridgehead atoms. The molecule has 1 heterocycles. The first-order chi connectivity index (χ1) is 11.1. The monoisotopic (exact) mass is 317 g/mol. The van der Waals surface area contributed by atoms with Crippen LogP contribution in [0.5, 0.6) is 11.5 Å². The molecule has 0 saturated carbocycles. The van der Waals surface area contributed by atoms with Gasteiger partial charge in [0.15, 0.2) is 11.5 Å². The van der Waals surface area contributed by atoms with E-state index in [0.29, 0.717) is 17.9 Å². The number of piperazine rings is 1. The van der Waals surface area contributed by atoms with Crippen molar-refractivity contribution in [3.8, 4) is 17.6 Å². The largest absolute Gasteiger partial charge is 0.493 e. The SMILES string of the molecule is COc1cc(CN2CCN(CCC#N)CC2)ccc1OC(C)=O. The lowest BCUT2D eigenvalue weighted by atomic mass is 10.1. The van der Waals surface area contributed by atoms with E-state index in [0.717, 1.165) is 44.8 Å². The van der Waals surface area contributed by atoms with Crippen LogP contribution in [0.3, 0.4) is 0 Å². The minimum absolute atomic E-state index is 0.357. The van der Waals surface area contributed by atoms with Crippen molar-refractivity contribution in [1.82, 2.24) is 9.80 Å². The third kappa shape index (κ3) is 5.23. The van der Waals surface area contributed by atoms with E-state index in [1.165, 1.54) is 6.92 Å². The van der Waals surface area contributed by atoms with E-state index in [2.05, 4.69) is 15.9 Å². The van der Waals surface area contributed by atoms with Gasteiger partial charge in [-0.3, -0.25) is 14.6 Å². The quantitative estimate of drug-likeness (QED) is 0.587. The van der Waals surface area contributed by atoms with Crippen molar-refractivity contribution in [2.45, 2.75) is 19.9 Å². The Bertz CT molecular complexity index is 575. The van der Waals surface area contributed by atoms with E-state index >= 15 is 0 Å². The summed E-state index contributed by atoms with van der Waals surface area (Å²) in [5.74, 6) is 0.667. The van der Waals surface area contributed by atoms with Gasteiger partial charge in [0.05, 0.1) is 13.2 Å². The summed E-state index contributed by atoms with van der Waals surface area (Å²) in [4.78, 5) is 15.8. The molecule has 1 aromatic rings. The molecule has 1 aromatic carbocycles. The molecule has 1 saturated heterocycles. The van der Waals surface area contributed by atoms with E-state index in [4.69, 9.17) is 14.7 Å². The highest BCUT2D eigenvalue weighted by molar-refractivity contribution is 5.70. The predicted octanol–water partition coefficient (Wildman–Crippen LogP) is 1.65. The molecule has 0 amide bonds.